The Morgan fingerprint density at radius 3 is 2.42 bits per heavy atom. The molecule has 0 atom stereocenters. The van der Waals surface area contributed by atoms with Gasteiger partial charge in [0.2, 0.25) is 0 Å². The summed E-state index contributed by atoms with van der Waals surface area (Å²) in [7, 11) is 0. The highest BCUT2D eigenvalue weighted by Gasteiger charge is 2.37. The van der Waals surface area contributed by atoms with Gasteiger partial charge in [0.25, 0.3) is 17.7 Å². The number of carbonyl (C=O) groups excluding carboxylic acids is 4. The van der Waals surface area contributed by atoms with E-state index in [9.17, 15) is 19.2 Å². The lowest BCUT2D eigenvalue weighted by molar-refractivity contribution is -0.122. The lowest BCUT2D eigenvalue weighted by Gasteiger charge is -2.27. The van der Waals surface area contributed by atoms with Gasteiger partial charge in [0, 0.05) is 16.3 Å². The summed E-state index contributed by atoms with van der Waals surface area (Å²) in [6.07, 6.45) is 1.29. The van der Waals surface area contributed by atoms with Gasteiger partial charge in [0.1, 0.15) is 11.3 Å². The predicted octanol–water partition coefficient (Wildman–Crippen LogP) is 5.26. The lowest BCUT2D eigenvalue weighted by Crippen LogP contribution is -2.54. The largest absolute Gasteiger partial charge is 0.483 e. The molecule has 1 aliphatic rings. The number of carbonyl (C=O) groups is 4. The van der Waals surface area contributed by atoms with E-state index in [0.717, 1.165) is 27.2 Å². The van der Waals surface area contributed by atoms with Crippen molar-refractivity contribution in [2.24, 2.45) is 0 Å². The SMILES string of the molecule is Cc1ccc(NC(=O)COc2ccc(Cl)cc2/C=C2/C(=O)NC(=O)N(c3ccc(C)c(C)c3)C2=O)c(C)c1. The minimum atomic E-state index is -0.849. The molecule has 0 aliphatic carbocycles. The van der Waals surface area contributed by atoms with Gasteiger partial charge in [-0.25, -0.2) is 9.69 Å². The number of rotatable bonds is 6. The molecule has 0 bridgehead atoms. The molecule has 3 aromatic rings. The molecule has 1 saturated heterocycles. The van der Waals surface area contributed by atoms with E-state index in [-0.39, 0.29) is 23.8 Å². The fourth-order valence-electron chi connectivity index (χ4n) is 3.96. The first-order valence-electron chi connectivity index (χ1n) is 11.8. The number of nitrogens with one attached hydrogen (secondary N) is 2. The van der Waals surface area contributed by atoms with Gasteiger partial charge in [-0.3, -0.25) is 19.7 Å². The van der Waals surface area contributed by atoms with Crippen LogP contribution in [-0.4, -0.2) is 30.4 Å². The summed E-state index contributed by atoms with van der Waals surface area (Å²) in [5.74, 6) is -1.80. The predicted molar refractivity (Wildman–Crippen MR) is 146 cm³/mol. The monoisotopic (exact) mass is 531 g/mol. The molecule has 9 heteroatoms. The minimum Gasteiger partial charge on any atom is -0.483 e. The number of aryl methyl sites for hydroxylation is 4. The maximum atomic E-state index is 13.3. The van der Waals surface area contributed by atoms with Crippen LogP contribution < -0.4 is 20.3 Å². The third kappa shape index (κ3) is 5.76. The first kappa shape index (κ1) is 26.6. The van der Waals surface area contributed by atoms with Crippen LogP contribution in [0.2, 0.25) is 5.02 Å². The summed E-state index contributed by atoms with van der Waals surface area (Å²) in [6, 6.07) is 14.6. The number of halogens is 1. The lowest BCUT2D eigenvalue weighted by atomic mass is 10.0. The number of amides is 5. The zero-order valence-electron chi connectivity index (χ0n) is 21.3. The molecule has 0 radical (unpaired) electrons. The Morgan fingerprint density at radius 2 is 1.71 bits per heavy atom. The zero-order valence-corrected chi connectivity index (χ0v) is 22.1. The van der Waals surface area contributed by atoms with Crippen molar-refractivity contribution in [3.8, 4) is 5.75 Å². The average molecular weight is 532 g/mol. The van der Waals surface area contributed by atoms with Crippen molar-refractivity contribution < 1.29 is 23.9 Å². The maximum absolute atomic E-state index is 13.3. The van der Waals surface area contributed by atoms with Crippen LogP contribution in [0, 0.1) is 27.7 Å². The highest BCUT2D eigenvalue weighted by Crippen LogP contribution is 2.29. The molecular weight excluding hydrogens is 506 g/mol. The second-order valence-electron chi connectivity index (χ2n) is 9.06. The Balaban J connectivity index is 1.59. The smallest absolute Gasteiger partial charge is 0.335 e. The molecule has 3 aromatic carbocycles. The Labute approximate surface area is 225 Å². The van der Waals surface area contributed by atoms with Gasteiger partial charge in [-0.15, -0.1) is 0 Å². The van der Waals surface area contributed by atoms with Crippen LogP contribution in [0.1, 0.15) is 27.8 Å². The Morgan fingerprint density at radius 1 is 0.947 bits per heavy atom. The molecule has 4 rings (SSSR count). The van der Waals surface area contributed by atoms with Gasteiger partial charge in [0.05, 0.1) is 5.69 Å². The van der Waals surface area contributed by atoms with E-state index in [1.54, 1.807) is 24.3 Å². The number of anilines is 2. The first-order valence-corrected chi connectivity index (χ1v) is 12.2. The van der Waals surface area contributed by atoms with Crippen molar-refractivity contribution in [1.82, 2.24) is 5.32 Å². The molecule has 194 valence electrons. The van der Waals surface area contributed by atoms with Crippen LogP contribution in [0.3, 0.4) is 0 Å². The van der Waals surface area contributed by atoms with E-state index in [2.05, 4.69) is 10.6 Å². The van der Waals surface area contributed by atoms with Crippen molar-refractivity contribution in [2.75, 3.05) is 16.8 Å². The fraction of sp³-hybridized carbons (Fsp3) is 0.172. The van der Waals surface area contributed by atoms with Crippen molar-refractivity contribution in [1.29, 1.82) is 0 Å². The fourth-order valence-corrected chi connectivity index (χ4v) is 4.14. The van der Waals surface area contributed by atoms with Crippen LogP contribution in [-0.2, 0) is 14.4 Å². The van der Waals surface area contributed by atoms with Gasteiger partial charge < -0.3 is 10.1 Å². The van der Waals surface area contributed by atoms with Crippen molar-refractivity contribution in [3.05, 3.63) is 93.0 Å². The summed E-state index contributed by atoms with van der Waals surface area (Å²) in [4.78, 5) is 52.0. The summed E-state index contributed by atoms with van der Waals surface area (Å²) in [5, 5.41) is 5.34. The van der Waals surface area contributed by atoms with Gasteiger partial charge in [-0.05, 0) is 86.9 Å². The number of benzene rings is 3. The molecule has 38 heavy (non-hydrogen) atoms. The summed E-state index contributed by atoms with van der Waals surface area (Å²) < 4.78 is 5.72. The van der Waals surface area contributed by atoms with Crippen molar-refractivity contribution in [3.63, 3.8) is 0 Å². The third-order valence-electron chi connectivity index (χ3n) is 6.14. The molecule has 1 heterocycles. The number of barbiturate groups is 1. The molecule has 0 saturated carbocycles. The van der Waals surface area contributed by atoms with Crippen LogP contribution >= 0.6 is 11.6 Å². The molecule has 0 unspecified atom stereocenters. The van der Waals surface area contributed by atoms with E-state index >= 15 is 0 Å². The average Bonchev–Trinajstić information content (AvgIpc) is 2.85. The molecule has 5 amide bonds. The molecule has 1 aliphatic heterocycles. The van der Waals surface area contributed by atoms with Crippen LogP contribution in [0.4, 0.5) is 16.2 Å². The van der Waals surface area contributed by atoms with Crippen LogP contribution in [0.25, 0.3) is 6.08 Å². The Bertz CT molecular complexity index is 1510. The molecular formula is C29H26ClN3O5. The molecule has 0 spiro atoms. The number of nitrogens with zero attached hydrogens (tertiary/aromatic N) is 1. The number of urea groups is 1. The second-order valence-corrected chi connectivity index (χ2v) is 9.50. The van der Waals surface area contributed by atoms with Gasteiger partial charge >= 0.3 is 6.03 Å². The number of hydrogen-bond donors (Lipinski definition) is 2. The number of ether oxygens (including phenoxy) is 1. The van der Waals surface area contributed by atoms with Crippen LogP contribution in [0.5, 0.6) is 5.75 Å². The molecule has 2 N–H and O–H groups in total. The minimum absolute atomic E-state index is 0.230. The highest BCUT2D eigenvalue weighted by molar-refractivity contribution is 6.39. The summed E-state index contributed by atoms with van der Waals surface area (Å²) in [5.41, 5.74) is 4.89. The first-order chi connectivity index (χ1) is 18.0. The summed E-state index contributed by atoms with van der Waals surface area (Å²) in [6.45, 7) is 7.31. The number of imide groups is 2. The maximum Gasteiger partial charge on any atom is 0.335 e. The van der Waals surface area contributed by atoms with Crippen molar-refractivity contribution in [2.45, 2.75) is 27.7 Å². The van der Waals surface area contributed by atoms with E-state index in [0.29, 0.717) is 22.0 Å². The van der Waals surface area contributed by atoms with Crippen molar-refractivity contribution >= 4 is 52.8 Å². The van der Waals surface area contributed by atoms with E-state index < -0.39 is 17.8 Å². The van der Waals surface area contributed by atoms with Crippen LogP contribution in [0.15, 0.2) is 60.2 Å². The van der Waals surface area contributed by atoms with Gasteiger partial charge in [0.15, 0.2) is 6.61 Å². The standard InChI is InChI=1S/C29H26ClN3O5/c1-16-5-9-24(19(4)11-16)31-26(34)15-38-25-10-7-21(30)13-20(25)14-23-27(35)32-29(37)33(28(23)36)22-8-6-17(2)18(3)12-22/h5-14H,15H2,1-4H3,(H,31,34)(H,32,35,37)/b23-14-. The summed E-state index contributed by atoms with van der Waals surface area (Å²) >= 11 is 6.17. The quantitative estimate of drug-likeness (QED) is 0.333. The van der Waals surface area contributed by atoms with Gasteiger partial charge in [-0.2, -0.15) is 0 Å². The zero-order chi connectivity index (χ0) is 27.6. The molecule has 8 nitrogen and oxygen atoms in total. The number of hydrogen-bond acceptors (Lipinski definition) is 5. The second kappa shape index (κ2) is 10.9. The van der Waals surface area contributed by atoms with Gasteiger partial charge in [-0.1, -0.05) is 35.4 Å². The van der Waals surface area contributed by atoms with E-state index in [1.165, 1.54) is 18.2 Å². The third-order valence-corrected chi connectivity index (χ3v) is 6.37. The molecule has 1 fully saturated rings. The van der Waals surface area contributed by atoms with E-state index in [4.69, 9.17) is 16.3 Å². The topological polar surface area (TPSA) is 105 Å². The normalized spacial score (nSPS) is 14.5. The molecule has 0 aromatic heterocycles. The Hall–Kier alpha value is -4.43. The highest BCUT2D eigenvalue weighted by atomic mass is 35.5. The van der Waals surface area contributed by atoms with E-state index in [1.807, 2.05) is 45.9 Å². The Kier molecular flexibility index (Phi) is 7.64.